The molecule has 0 bridgehead atoms. The van der Waals surface area contributed by atoms with E-state index < -0.39 is 24.3 Å². The number of allylic oxidation sites excluding steroid dienone is 4. The number of esters is 2. The standard InChI is InChI=1S/C77H147NO8/c1-6-8-10-12-14-16-18-20-22-24-26-28-30-32-34-35-36-37-38-39-40-42-43-45-47-49-51-53-55-57-59-61-63-65-67-74(79)84-71-73(72-85-77(76(81)82)83-70-69-78(3,4)5)86-75(80)68-66-64-62-60-58-56-54-52-50-48-46-44-41-33-31-29-27-25-23-21-19-17-15-13-11-9-7-2/h19,21,25,27,73,77H,6-18,20,22-24,26,28-72H2,1-5H3/b21-19-,27-25-. The van der Waals surface area contributed by atoms with E-state index in [1.807, 2.05) is 21.1 Å². The SMILES string of the molecule is CCCCCCC/C=C\C/C=C\CCCCCCCCCCCCCCCCCC(=O)OC(COC(=O)CCCCCCCCCCCCCCCCCCCCCCCCCCCCCCCCCCCC)COC(OCC[N+](C)(C)C)C(=O)[O-]. The zero-order valence-corrected chi connectivity index (χ0v) is 58.2. The predicted octanol–water partition coefficient (Wildman–Crippen LogP) is 22.4. The van der Waals surface area contributed by atoms with Gasteiger partial charge in [0.05, 0.1) is 40.3 Å². The summed E-state index contributed by atoms with van der Waals surface area (Å²) in [5, 5.41) is 11.8. The number of carbonyl (C=O) groups excluding carboxylic acids is 3. The zero-order chi connectivity index (χ0) is 62.6. The molecule has 0 rings (SSSR count). The first-order valence-electron chi connectivity index (χ1n) is 38.0. The summed E-state index contributed by atoms with van der Waals surface area (Å²) >= 11 is 0. The Hall–Kier alpha value is -2.23. The van der Waals surface area contributed by atoms with Gasteiger partial charge in [0.2, 0.25) is 0 Å². The molecule has 0 saturated heterocycles. The molecular weight excluding hydrogens is 1070 g/mol. The van der Waals surface area contributed by atoms with E-state index in [9.17, 15) is 19.5 Å². The molecule has 86 heavy (non-hydrogen) atoms. The predicted molar refractivity (Wildman–Crippen MR) is 366 cm³/mol. The molecule has 2 unspecified atom stereocenters. The Kier molecular flexibility index (Phi) is 66.9. The van der Waals surface area contributed by atoms with Gasteiger partial charge in [-0.1, -0.05) is 359 Å². The van der Waals surface area contributed by atoms with E-state index in [4.69, 9.17) is 18.9 Å². The lowest BCUT2D eigenvalue weighted by atomic mass is 10.0. The molecule has 0 N–H and O–H groups in total. The van der Waals surface area contributed by atoms with Gasteiger partial charge in [0, 0.05) is 12.8 Å². The highest BCUT2D eigenvalue weighted by atomic mass is 16.7. The number of nitrogens with zero attached hydrogens (tertiary/aromatic N) is 1. The molecule has 0 aliphatic heterocycles. The van der Waals surface area contributed by atoms with Crippen molar-refractivity contribution < 1.29 is 42.9 Å². The molecule has 9 nitrogen and oxygen atoms in total. The largest absolute Gasteiger partial charge is 0.545 e. The van der Waals surface area contributed by atoms with Crippen LogP contribution in [0.1, 0.15) is 393 Å². The number of aliphatic carboxylic acids is 1. The first kappa shape index (κ1) is 83.8. The fourth-order valence-electron chi connectivity index (χ4n) is 11.6. The van der Waals surface area contributed by atoms with Crippen molar-refractivity contribution in [1.82, 2.24) is 0 Å². The first-order chi connectivity index (χ1) is 42.1. The summed E-state index contributed by atoms with van der Waals surface area (Å²) in [4.78, 5) is 37.5. The molecule has 0 aliphatic rings. The van der Waals surface area contributed by atoms with E-state index in [2.05, 4.69) is 38.2 Å². The number of carboxylic acids is 1. The highest BCUT2D eigenvalue weighted by Gasteiger charge is 2.22. The molecule has 2 atom stereocenters. The number of quaternary nitrogens is 1. The van der Waals surface area contributed by atoms with Gasteiger partial charge in [0.25, 0.3) is 0 Å². The number of hydrogen-bond donors (Lipinski definition) is 0. The summed E-state index contributed by atoms with van der Waals surface area (Å²) in [7, 11) is 5.95. The van der Waals surface area contributed by atoms with Crippen LogP contribution in [0.4, 0.5) is 0 Å². The quantitative estimate of drug-likeness (QED) is 0.0195. The van der Waals surface area contributed by atoms with Crippen LogP contribution in [0, 0.1) is 0 Å². The number of unbranched alkanes of at least 4 members (excludes halogenated alkanes) is 53. The third kappa shape index (κ3) is 69.2. The molecule has 0 spiro atoms. The average Bonchev–Trinajstić information content (AvgIpc) is 3.64. The van der Waals surface area contributed by atoms with E-state index in [0.717, 1.165) is 44.9 Å². The second-order valence-corrected chi connectivity index (χ2v) is 27.3. The van der Waals surface area contributed by atoms with Crippen LogP contribution < -0.4 is 5.11 Å². The van der Waals surface area contributed by atoms with Crippen molar-refractivity contribution in [3.05, 3.63) is 24.3 Å². The molecule has 0 fully saturated rings. The number of carbonyl (C=O) groups is 3. The highest BCUT2D eigenvalue weighted by Crippen LogP contribution is 2.20. The minimum absolute atomic E-state index is 0.151. The Morgan fingerprint density at radius 2 is 0.628 bits per heavy atom. The Balaban J connectivity index is 3.99. The molecule has 0 radical (unpaired) electrons. The van der Waals surface area contributed by atoms with Crippen molar-refractivity contribution in [1.29, 1.82) is 0 Å². The second kappa shape index (κ2) is 68.7. The van der Waals surface area contributed by atoms with Gasteiger partial charge in [-0.3, -0.25) is 9.59 Å². The van der Waals surface area contributed by atoms with Crippen molar-refractivity contribution in [3.63, 3.8) is 0 Å². The zero-order valence-electron chi connectivity index (χ0n) is 58.2. The summed E-state index contributed by atoms with van der Waals surface area (Å²) in [6.45, 7) is 4.82. The third-order valence-electron chi connectivity index (χ3n) is 17.5. The van der Waals surface area contributed by atoms with Crippen LogP contribution in [0.5, 0.6) is 0 Å². The maximum absolute atomic E-state index is 12.9. The number of ether oxygens (including phenoxy) is 4. The smallest absolute Gasteiger partial charge is 0.306 e. The van der Waals surface area contributed by atoms with Crippen LogP contribution in [-0.4, -0.2) is 82.3 Å². The van der Waals surface area contributed by atoms with E-state index in [1.165, 1.54) is 321 Å². The van der Waals surface area contributed by atoms with Gasteiger partial charge in [-0.2, -0.15) is 0 Å². The Morgan fingerprint density at radius 3 is 0.919 bits per heavy atom. The summed E-state index contributed by atoms with van der Waals surface area (Å²) in [5.74, 6) is -2.25. The van der Waals surface area contributed by atoms with Gasteiger partial charge in [-0.15, -0.1) is 0 Å². The molecule has 0 amide bonds. The van der Waals surface area contributed by atoms with Crippen LogP contribution in [0.3, 0.4) is 0 Å². The first-order valence-corrected chi connectivity index (χ1v) is 38.0. The van der Waals surface area contributed by atoms with Gasteiger partial charge in [0.15, 0.2) is 12.4 Å². The van der Waals surface area contributed by atoms with Crippen LogP contribution in [0.25, 0.3) is 0 Å². The van der Waals surface area contributed by atoms with Crippen molar-refractivity contribution in [2.75, 3.05) is 47.5 Å². The Morgan fingerprint density at radius 1 is 0.349 bits per heavy atom. The molecule has 508 valence electrons. The fourth-order valence-corrected chi connectivity index (χ4v) is 11.6. The van der Waals surface area contributed by atoms with Crippen LogP contribution >= 0.6 is 0 Å². The summed E-state index contributed by atoms with van der Waals surface area (Å²) in [6.07, 6.45) is 82.9. The molecule has 9 heteroatoms. The van der Waals surface area contributed by atoms with E-state index in [1.54, 1.807) is 0 Å². The maximum atomic E-state index is 12.9. The third-order valence-corrected chi connectivity index (χ3v) is 17.5. The minimum atomic E-state index is -1.62. The highest BCUT2D eigenvalue weighted by molar-refractivity contribution is 5.70. The summed E-state index contributed by atoms with van der Waals surface area (Å²) in [5.41, 5.74) is 0. The second-order valence-electron chi connectivity index (χ2n) is 27.3. The lowest BCUT2D eigenvalue weighted by molar-refractivity contribution is -0.870. The molecule has 0 aromatic carbocycles. The van der Waals surface area contributed by atoms with E-state index >= 15 is 0 Å². The van der Waals surface area contributed by atoms with Crippen LogP contribution in [0.15, 0.2) is 24.3 Å². The topological polar surface area (TPSA) is 111 Å². The van der Waals surface area contributed by atoms with Crippen molar-refractivity contribution in [2.24, 2.45) is 0 Å². The van der Waals surface area contributed by atoms with Crippen LogP contribution in [0.2, 0.25) is 0 Å². The van der Waals surface area contributed by atoms with Gasteiger partial charge in [-0.25, -0.2) is 0 Å². The van der Waals surface area contributed by atoms with Gasteiger partial charge in [0.1, 0.15) is 13.2 Å². The number of likely N-dealkylation sites (N-methyl/N-ethyl adjacent to an activating group) is 1. The molecule has 0 aliphatic carbocycles. The molecule has 0 aromatic rings. The van der Waals surface area contributed by atoms with Crippen molar-refractivity contribution in [2.45, 2.75) is 405 Å². The molecule has 0 heterocycles. The lowest BCUT2D eigenvalue weighted by Crippen LogP contribution is -2.44. The number of rotatable bonds is 72. The van der Waals surface area contributed by atoms with Gasteiger partial charge < -0.3 is 33.3 Å². The lowest BCUT2D eigenvalue weighted by Gasteiger charge is -2.26. The van der Waals surface area contributed by atoms with Crippen molar-refractivity contribution in [3.8, 4) is 0 Å². The van der Waals surface area contributed by atoms with E-state index in [-0.39, 0.29) is 32.2 Å². The average molecular weight is 1220 g/mol. The molecule has 0 aromatic heterocycles. The number of hydrogen-bond acceptors (Lipinski definition) is 8. The maximum Gasteiger partial charge on any atom is 0.306 e. The molecule has 0 saturated carbocycles. The summed E-state index contributed by atoms with van der Waals surface area (Å²) < 4.78 is 22.9. The normalized spacial score (nSPS) is 12.7. The minimum Gasteiger partial charge on any atom is -0.545 e. The number of carboxylic acid groups (broad SMARTS) is 1. The van der Waals surface area contributed by atoms with Gasteiger partial charge >= 0.3 is 11.9 Å². The Bertz CT molecular complexity index is 1460. The monoisotopic (exact) mass is 1210 g/mol. The van der Waals surface area contributed by atoms with Crippen LogP contribution in [-0.2, 0) is 33.3 Å². The van der Waals surface area contributed by atoms with E-state index in [0.29, 0.717) is 17.4 Å². The Labute approximate surface area is 535 Å². The van der Waals surface area contributed by atoms with Crippen molar-refractivity contribution >= 4 is 17.9 Å². The molecular formula is C77H147NO8. The fraction of sp³-hybridized carbons (Fsp3) is 0.909. The summed E-state index contributed by atoms with van der Waals surface area (Å²) in [6, 6.07) is 0. The van der Waals surface area contributed by atoms with Gasteiger partial charge in [-0.05, 0) is 44.9 Å².